The van der Waals surface area contributed by atoms with Crippen molar-refractivity contribution in [1.29, 1.82) is 0 Å². The highest BCUT2D eigenvalue weighted by atomic mass is 16.1. The Morgan fingerprint density at radius 1 is 1.58 bits per heavy atom. The Balaban J connectivity index is 3.07. The van der Waals surface area contributed by atoms with Crippen LogP contribution in [0, 0.1) is 5.41 Å². The number of allylic oxidation sites excluding steroid dienone is 2. The Bertz CT molecular complexity index is 302. The lowest BCUT2D eigenvalue weighted by molar-refractivity contribution is -0.122. The molecule has 1 rings (SSSR count). The van der Waals surface area contributed by atoms with Gasteiger partial charge in [-0.05, 0) is 25.5 Å². The van der Waals surface area contributed by atoms with Crippen molar-refractivity contribution in [2.75, 3.05) is 0 Å². The van der Waals surface area contributed by atoms with Gasteiger partial charge in [0, 0.05) is 0 Å². The van der Waals surface area contributed by atoms with Crippen LogP contribution in [-0.2, 0) is 9.59 Å². The fraction of sp³-hybridized carbons (Fsp3) is 0.333. The topological polar surface area (TPSA) is 60.2 Å². The van der Waals surface area contributed by atoms with Gasteiger partial charge >= 0.3 is 0 Å². The van der Waals surface area contributed by atoms with E-state index < -0.39 is 11.3 Å². The van der Waals surface area contributed by atoms with E-state index in [1.54, 1.807) is 19.9 Å². The maximum Gasteiger partial charge on any atom is 0.231 e. The molecule has 64 valence electrons. The van der Waals surface area contributed by atoms with Gasteiger partial charge in [-0.2, -0.15) is 0 Å². The summed E-state index contributed by atoms with van der Waals surface area (Å²) in [6.07, 6.45) is 4.52. The molecule has 0 heterocycles. The lowest BCUT2D eigenvalue weighted by Gasteiger charge is -2.21. The molecule has 3 heteroatoms. The summed E-state index contributed by atoms with van der Waals surface area (Å²) in [6.45, 7) is 3.36. The van der Waals surface area contributed by atoms with Gasteiger partial charge in [-0.1, -0.05) is 12.2 Å². The normalized spacial score (nSPS) is 28.5. The summed E-state index contributed by atoms with van der Waals surface area (Å²) in [4.78, 5) is 21.9. The predicted molar refractivity (Wildman–Crippen MR) is 45.2 cm³/mol. The Morgan fingerprint density at radius 2 is 2.17 bits per heavy atom. The molecule has 0 aromatic rings. The Hall–Kier alpha value is -1.38. The zero-order valence-electron chi connectivity index (χ0n) is 7.13. The zero-order valence-corrected chi connectivity index (χ0v) is 7.13. The highest BCUT2D eigenvalue weighted by molar-refractivity contribution is 6.06. The number of nitrogens with two attached hydrogens (primary N) is 1. The molecule has 0 saturated heterocycles. The third-order valence-electron chi connectivity index (χ3n) is 2.02. The third-order valence-corrected chi connectivity index (χ3v) is 2.02. The molecular formula is C9H11NO2. The highest BCUT2D eigenvalue weighted by Crippen LogP contribution is 2.25. The van der Waals surface area contributed by atoms with E-state index in [1.165, 1.54) is 12.2 Å². The predicted octanol–water partition coefficient (Wildman–Crippen LogP) is 0.563. The molecule has 0 radical (unpaired) electrons. The average Bonchev–Trinajstić information content (AvgIpc) is 1.97. The van der Waals surface area contributed by atoms with Gasteiger partial charge in [0.15, 0.2) is 5.78 Å². The molecule has 0 aliphatic heterocycles. The molecule has 1 aliphatic rings. The van der Waals surface area contributed by atoms with Crippen LogP contribution in [0.1, 0.15) is 13.8 Å². The van der Waals surface area contributed by atoms with Crippen molar-refractivity contribution in [2.45, 2.75) is 13.8 Å². The number of carbonyl (C=O) groups is 2. The number of carbonyl (C=O) groups excluding carboxylic acids is 2. The first-order chi connectivity index (χ1) is 5.46. The van der Waals surface area contributed by atoms with Gasteiger partial charge < -0.3 is 5.73 Å². The second-order valence-corrected chi connectivity index (χ2v) is 3.17. The lowest BCUT2D eigenvalue weighted by atomic mass is 9.83. The molecule has 3 nitrogen and oxygen atoms in total. The molecule has 0 saturated carbocycles. The average molecular weight is 165 g/mol. The van der Waals surface area contributed by atoms with Crippen molar-refractivity contribution in [1.82, 2.24) is 0 Å². The van der Waals surface area contributed by atoms with Crippen LogP contribution in [0.15, 0.2) is 23.8 Å². The van der Waals surface area contributed by atoms with E-state index in [9.17, 15) is 9.59 Å². The van der Waals surface area contributed by atoms with E-state index in [4.69, 9.17) is 5.73 Å². The summed E-state index contributed by atoms with van der Waals surface area (Å²) >= 11 is 0. The van der Waals surface area contributed by atoms with Crippen LogP contribution in [-0.4, -0.2) is 11.7 Å². The van der Waals surface area contributed by atoms with Crippen LogP contribution in [0.2, 0.25) is 0 Å². The first kappa shape index (κ1) is 8.71. The molecule has 1 atom stereocenters. The summed E-state index contributed by atoms with van der Waals surface area (Å²) in [5.41, 5.74) is 4.94. The summed E-state index contributed by atoms with van der Waals surface area (Å²) < 4.78 is 0. The second kappa shape index (κ2) is 2.59. The molecule has 0 bridgehead atoms. The molecule has 0 fully saturated rings. The quantitative estimate of drug-likeness (QED) is 0.617. The standard InChI is InChI=1S/C9H11NO2/c1-6-5-9(2,8(10)12)4-3-7(6)11/h3-5H,1-2H3,(H2,10,12). The highest BCUT2D eigenvalue weighted by Gasteiger charge is 2.29. The van der Waals surface area contributed by atoms with Crippen LogP contribution in [0.4, 0.5) is 0 Å². The van der Waals surface area contributed by atoms with Gasteiger partial charge in [-0.25, -0.2) is 0 Å². The van der Waals surface area contributed by atoms with Crippen molar-refractivity contribution < 1.29 is 9.59 Å². The van der Waals surface area contributed by atoms with Crippen molar-refractivity contribution in [3.05, 3.63) is 23.8 Å². The number of rotatable bonds is 1. The minimum Gasteiger partial charge on any atom is -0.369 e. The lowest BCUT2D eigenvalue weighted by Crippen LogP contribution is -2.33. The number of hydrogen-bond acceptors (Lipinski definition) is 2. The minimum atomic E-state index is -0.794. The first-order valence-corrected chi connectivity index (χ1v) is 3.68. The molecule has 2 N–H and O–H groups in total. The van der Waals surface area contributed by atoms with Gasteiger partial charge in [-0.15, -0.1) is 0 Å². The van der Waals surface area contributed by atoms with Crippen molar-refractivity contribution in [3.8, 4) is 0 Å². The smallest absolute Gasteiger partial charge is 0.231 e. The van der Waals surface area contributed by atoms with Crippen molar-refractivity contribution >= 4 is 11.7 Å². The van der Waals surface area contributed by atoms with E-state index >= 15 is 0 Å². The second-order valence-electron chi connectivity index (χ2n) is 3.17. The molecule has 1 unspecified atom stereocenters. The van der Waals surface area contributed by atoms with E-state index in [-0.39, 0.29) is 5.78 Å². The number of ketones is 1. The molecule has 1 amide bonds. The zero-order chi connectivity index (χ0) is 9.35. The Labute approximate surface area is 70.9 Å². The van der Waals surface area contributed by atoms with E-state index in [0.717, 1.165) is 0 Å². The van der Waals surface area contributed by atoms with E-state index in [0.29, 0.717) is 5.57 Å². The minimum absolute atomic E-state index is 0.0614. The monoisotopic (exact) mass is 165 g/mol. The molecule has 0 aromatic carbocycles. The Kier molecular flexibility index (Phi) is 1.88. The molecular weight excluding hydrogens is 154 g/mol. The first-order valence-electron chi connectivity index (χ1n) is 3.68. The van der Waals surface area contributed by atoms with Crippen LogP contribution in [0.25, 0.3) is 0 Å². The van der Waals surface area contributed by atoms with Crippen LogP contribution in [0.5, 0.6) is 0 Å². The number of hydrogen-bond donors (Lipinski definition) is 1. The number of amides is 1. The molecule has 1 aliphatic carbocycles. The van der Waals surface area contributed by atoms with Crippen LogP contribution >= 0.6 is 0 Å². The van der Waals surface area contributed by atoms with Crippen molar-refractivity contribution in [2.24, 2.45) is 11.1 Å². The summed E-state index contributed by atoms with van der Waals surface area (Å²) in [6, 6.07) is 0. The van der Waals surface area contributed by atoms with Crippen molar-refractivity contribution in [3.63, 3.8) is 0 Å². The van der Waals surface area contributed by atoms with Crippen LogP contribution < -0.4 is 5.73 Å². The van der Waals surface area contributed by atoms with Gasteiger partial charge in [0.2, 0.25) is 5.91 Å². The van der Waals surface area contributed by atoms with E-state index in [2.05, 4.69) is 0 Å². The van der Waals surface area contributed by atoms with E-state index in [1.807, 2.05) is 0 Å². The fourth-order valence-corrected chi connectivity index (χ4v) is 1.10. The summed E-state index contributed by atoms with van der Waals surface area (Å²) in [7, 11) is 0. The van der Waals surface area contributed by atoms with Crippen LogP contribution in [0.3, 0.4) is 0 Å². The fourth-order valence-electron chi connectivity index (χ4n) is 1.10. The number of primary amides is 1. The molecule has 0 spiro atoms. The van der Waals surface area contributed by atoms with Gasteiger partial charge in [0.25, 0.3) is 0 Å². The van der Waals surface area contributed by atoms with Gasteiger partial charge in [0.05, 0.1) is 5.41 Å². The molecule has 12 heavy (non-hydrogen) atoms. The van der Waals surface area contributed by atoms with Gasteiger partial charge in [-0.3, -0.25) is 9.59 Å². The summed E-state index contributed by atoms with van der Waals surface area (Å²) in [5, 5.41) is 0. The largest absolute Gasteiger partial charge is 0.369 e. The SMILES string of the molecule is CC1=CC(C)(C(N)=O)C=CC1=O. The summed E-state index contributed by atoms with van der Waals surface area (Å²) in [5.74, 6) is -0.501. The third kappa shape index (κ3) is 1.30. The maximum atomic E-state index is 11.0. The Morgan fingerprint density at radius 3 is 2.58 bits per heavy atom. The maximum absolute atomic E-state index is 11.0. The van der Waals surface area contributed by atoms with Gasteiger partial charge in [0.1, 0.15) is 0 Å². The molecule has 0 aromatic heterocycles.